The fourth-order valence-corrected chi connectivity index (χ4v) is 7.37. The molecular weight excluding hydrogens is 749 g/mol. The average Bonchev–Trinajstić information content (AvgIpc) is 3.72. The number of nitrogens with one attached hydrogen (secondary N) is 5. The molecule has 1 aliphatic carbocycles. The van der Waals surface area contributed by atoms with Gasteiger partial charge in [0.1, 0.15) is 11.6 Å². The second-order valence-corrected chi connectivity index (χ2v) is 17.1. The van der Waals surface area contributed by atoms with Crippen molar-refractivity contribution in [2.24, 2.45) is 11.8 Å². The molecule has 15 heteroatoms. The van der Waals surface area contributed by atoms with Crippen molar-refractivity contribution >= 4 is 29.5 Å². The zero-order chi connectivity index (χ0) is 42.7. The largest absolute Gasteiger partial charge is 0.444 e. The molecule has 1 aromatic heterocycles. The second-order valence-electron chi connectivity index (χ2n) is 17.1. The molecular formula is C44H60N10O5. The molecule has 0 spiro atoms. The van der Waals surface area contributed by atoms with Crippen LogP contribution in [0.1, 0.15) is 67.9 Å². The van der Waals surface area contributed by atoms with Gasteiger partial charge in [0.05, 0.1) is 6.04 Å². The van der Waals surface area contributed by atoms with Crippen molar-refractivity contribution < 1.29 is 23.9 Å². The molecule has 316 valence electrons. The van der Waals surface area contributed by atoms with E-state index in [1.165, 1.54) is 0 Å². The Bertz CT molecular complexity index is 1990. The molecule has 4 amide bonds. The highest BCUT2D eigenvalue weighted by atomic mass is 16.6. The lowest BCUT2D eigenvalue weighted by Gasteiger charge is -2.29. The quantitative estimate of drug-likeness (QED) is 0.103. The van der Waals surface area contributed by atoms with Crippen LogP contribution >= 0.6 is 0 Å². The first-order valence-electron chi connectivity index (χ1n) is 20.2. The number of likely N-dealkylation sites (N-methyl/N-ethyl adjacent to an activating group) is 2. The predicted octanol–water partition coefficient (Wildman–Crippen LogP) is 5.06. The number of benzene rings is 3. The van der Waals surface area contributed by atoms with E-state index in [1.54, 1.807) is 24.3 Å². The van der Waals surface area contributed by atoms with Crippen molar-refractivity contribution in [2.45, 2.75) is 77.5 Å². The Morgan fingerprint density at radius 3 is 2.07 bits per heavy atom. The van der Waals surface area contributed by atoms with Gasteiger partial charge in [0, 0.05) is 48.8 Å². The van der Waals surface area contributed by atoms with Gasteiger partial charge in [-0.15, -0.1) is 10.2 Å². The zero-order valence-corrected chi connectivity index (χ0v) is 35.6. The molecule has 1 heterocycles. The number of tetrazole rings is 1. The number of nitrogens with zero attached hydrogens (tertiary/aromatic N) is 5. The fourth-order valence-electron chi connectivity index (χ4n) is 7.37. The molecule has 15 nitrogen and oxygen atoms in total. The summed E-state index contributed by atoms with van der Waals surface area (Å²) in [6.07, 6.45) is 2.68. The molecule has 1 saturated carbocycles. The van der Waals surface area contributed by atoms with Crippen molar-refractivity contribution in [3.63, 3.8) is 0 Å². The lowest BCUT2D eigenvalue weighted by molar-refractivity contribution is -0.130. The Balaban J connectivity index is 1.25. The molecule has 59 heavy (non-hydrogen) atoms. The predicted molar refractivity (Wildman–Crippen MR) is 229 cm³/mol. The lowest BCUT2D eigenvalue weighted by atomic mass is 9.81. The minimum absolute atomic E-state index is 0.0196. The summed E-state index contributed by atoms with van der Waals surface area (Å²) in [5.41, 5.74) is 5.14. The Hall–Kier alpha value is -5.67. The van der Waals surface area contributed by atoms with Gasteiger partial charge in [-0.1, -0.05) is 30.3 Å². The van der Waals surface area contributed by atoms with Gasteiger partial charge in [-0.25, -0.2) is 4.79 Å². The smallest absolute Gasteiger partial charge is 0.407 e. The Kier molecular flexibility index (Phi) is 15.3. The number of hydrogen-bond donors (Lipinski definition) is 5. The number of alkyl carbamates (subject to hydrolysis) is 1. The number of ether oxygens (including phenoxy) is 1. The molecule has 0 unspecified atom stereocenters. The Morgan fingerprint density at radius 2 is 1.49 bits per heavy atom. The number of anilines is 1. The first-order chi connectivity index (χ1) is 28.0. The number of aromatic nitrogens is 4. The Labute approximate surface area is 347 Å². The van der Waals surface area contributed by atoms with Crippen LogP contribution in [0.25, 0.3) is 22.5 Å². The van der Waals surface area contributed by atoms with Crippen molar-refractivity contribution in [1.29, 1.82) is 0 Å². The minimum atomic E-state index is -0.847. The highest BCUT2D eigenvalue weighted by molar-refractivity contribution is 5.98. The van der Waals surface area contributed by atoms with Crippen LogP contribution in [0.4, 0.5) is 10.5 Å². The van der Waals surface area contributed by atoms with Gasteiger partial charge in [0.2, 0.25) is 17.6 Å². The van der Waals surface area contributed by atoms with Crippen LogP contribution in [0.5, 0.6) is 0 Å². The van der Waals surface area contributed by atoms with Gasteiger partial charge in [0.15, 0.2) is 0 Å². The first kappa shape index (κ1) is 44.4. The topological polar surface area (TPSA) is 187 Å². The van der Waals surface area contributed by atoms with E-state index in [4.69, 9.17) is 4.74 Å². The van der Waals surface area contributed by atoms with Crippen LogP contribution in [0, 0.1) is 18.8 Å². The van der Waals surface area contributed by atoms with E-state index in [1.807, 2.05) is 98.4 Å². The summed E-state index contributed by atoms with van der Waals surface area (Å²) in [5, 5.41) is 26.1. The summed E-state index contributed by atoms with van der Waals surface area (Å²) in [4.78, 5) is 57.2. The number of rotatable bonds is 16. The van der Waals surface area contributed by atoms with Gasteiger partial charge in [0.25, 0.3) is 5.91 Å². The number of aromatic amines is 1. The van der Waals surface area contributed by atoms with E-state index in [0.717, 1.165) is 53.7 Å². The average molecular weight is 809 g/mol. The SMILES string of the molecule is Cc1cc(C(=O)NC(CN(C)C)CN(C)C)ccc1-c1ccc(C[C@H](NC(=O)C2CCC(CNC(=O)OC(C)(C)C)CC2)C(=O)Nc2ccc(-c3nn[nH]n3)cc2)cc1. The molecule has 0 aliphatic heterocycles. The summed E-state index contributed by atoms with van der Waals surface area (Å²) < 4.78 is 5.37. The van der Waals surface area contributed by atoms with E-state index in [9.17, 15) is 19.2 Å². The third-order valence-corrected chi connectivity index (χ3v) is 10.2. The normalized spacial score (nSPS) is 16.1. The van der Waals surface area contributed by atoms with E-state index < -0.39 is 17.7 Å². The molecule has 5 rings (SSSR count). The van der Waals surface area contributed by atoms with Crippen molar-refractivity contribution in [2.75, 3.05) is 53.1 Å². The molecule has 0 radical (unpaired) electrons. The van der Waals surface area contributed by atoms with Gasteiger partial charge < -0.3 is 35.8 Å². The van der Waals surface area contributed by atoms with Crippen molar-refractivity contribution in [3.8, 4) is 22.5 Å². The molecule has 4 aromatic rings. The first-order valence-corrected chi connectivity index (χ1v) is 20.2. The number of carbonyl (C=O) groups excluding carboxylic acids is 4. The summed E-state index contributed by atoms with van der Waals surface area (Å²) >= 11 is 0. The van der Waals surface area contributed by atoms with Crippen LogP contribution < -0.4 is 21.3 Å². The number of H-pyrrole nitrogens is 1. The molecule has 1 aliphatic rings. The summed E-state index contributed by atoms with van der Waals surface area (Å²) in [6.45, 7) is 9.42. The summed E-state index contributed by atoms with van der Waals surface area (Å²) in [5.74, 6) is -0.186. The van der Waals surface area contributed by atoms with Crippen LogP contribution in [0.2, 0.25) is 0 Å². The van der Waals surface area contributed by atoms with Crippen LogP contribution in [-0.4, -0.2) is 120 Å². The van der Waals surface area contributed by atoms with Crippen LogP contribution in [-0.2, 0) is 20.7 Å². The number of carbonyl (C=O) groups is 4. The maximum atomic E-state index is 13.9. The second kappa shape index (κ2) is 20.3. The van der Waals surface area contributed by atoms with Gasteiger partial charge >= 0.3 is 6.09 Å². The highest BCUT2D eigenvalue weighted by Crippen LogP contribution is 2.30. The lowest BCUT2D eigenvalue weighted by Crippen LogP contribution is -2.48. The molecule has 0 bridgehead atoms. The van der Waals surface area contributed by atoms with Crippen molar-refractivity contribution in [3.05, 3.63) is 83.4 Å². The third kappa shape index (κ3) is 13.7. The summed E-state index contributed by atoms with van der Waals surface area (Å²) in [7, 11) is 7.98. The van der Waals surface area contributed by atoms with E-state index >= 15 is 0 Å². The van der Waals surface area contributed by atoms with Gasteiger partial charge in [-0.3, -0.25) is 14.4 Å². The Morgan fingerprint density at radius 1 is 0.847 bits per heavy atom. The van der Waals surface area contributed by atoms with E-state index in [2.05, 4.69) is 51.7 Å². The van der Waals surface area contributed by atoms with Crippen LogP contribution in [0.15, 0.2) is 66.7 Å². The molecule has 1 atom stereocenters. The standard InChI is InChI=1S/C44H60N10O5/c1-28-23-34(41(56)47-36(26-53(5)6)27-54(7)8)19-22-37(28)31-13-9-29(10-14-31)24-38(42(57)46-35-20-17-32(18-21-35)39-49-51-52-50-39)48-40(55)33-15-11-30(12-16-33)25-45-43(58)59-44(2,3)4/h9-10,13-14,17-23,30,33,36,38H,11-12,15-16,24-27H2,1-8H3,(H,45,58)(H,46,57)(H,47,56)(H,48,55)(H,49,50,51,52)/t30?,33?,38-/m0/s1. The monoisotopic (exact) mass is 808 g/mol. The zero-order valence-electron chi connectivity index (χ0n) is 35.6. The molecule has 0 saturated heterocycles. The number of aryl methyl sites for hydroxylation is 1. The maximum absolute atomic E-state index is 13.9. The fraction of sp³-hybridized carbons (Fsp3) is 0.477. The molecule has 1 fully saturated rings. The summed E-state index contributed by atoms with van der Waals surface area (Å²) in [6, 6.07) is 19.9. The van der Waals surface area contributed by atoms with Gasteiger partial charge in [-0.05, 0) is 151 Å². The number of amides is 4. The highest BCUT2D eigenvalue weighted by Gasteiger charge is 2.30. The molecule has 3 aromatic carbocycles. The van der Waals surface area contributed by atoms with Crippen LogP contribution in [0.3, 0.4) is 0 Å². The molecule has 5 N–H and O–H groups in total. The van der Waals surface area contributed by atoms with E-state index in [-0.39, 0.29) is 42.0 Å². The maximum Gasteiger partial charge on any atom is 0.407 e. The van der Waals surface area contributed by atoms with Crippen molar-refractivity contribution in [1.82, 2.24) is 46.4 Å². The number of hydrogen-bond acceptors (Lipinski definition) is 10. The third-order valence-electron chi connectivity index (χ3n) is 10.2. The van der Waals surface area contributed by atoms with E-state index in [0.29, 0.717) is 36.5 Å². The van der Waals surface area contributed by atoms with Gasteiger partial charge in [-0.2, -0.15) is 5.21 Å². The minimum Gasteiger partial charge on any atom is -0.444 e.